The van der Waals surface area contributed by atoms with Gasteiger partial charge < -0.3 is 16.4 Å². The molecule has 0 radical (unpaired) electrons. The molecule has 1 fully saturated rings. The largest absolute Gasteiger partial charge is 0.397 e. The summed E-state index contributed by atoms with van der Waals surface area (Å²) in [5.41, 5.74) is 6.54. The lowest BCUT2D eigenvalue weighted by Crippen LogP contribution is -2.36. The smallest absolute Gasteiger partial charge is 0.263 e. The standard InChI is InChI=1S/C12H14N4OS/c13-9-8-2-1-4-15-12(8)18-10(9)11(17)16-7-3-5-14-6-7/h1-2,4,7,14H,3,5-6,13H2,(H,16,17)/t7-/m1/s1. The predicted molar refractivity (Wildman–Crippen MR) is 72.8 cm³/mol. The van der Waals surface area contributed by atoms with Gasteiger partial charge in [-0.1, -0.05) is 0 Å². The Labute approximate surface area is 108 Å². The molecular weight excluding hydrogens is 248 g/mol. The molecule has 3 rings (SSSR count). The molecule has 1 amide bonds. The van der Waals surface area contributed by atoms with E-state index in [9.17, 15) is 4.79 Å². The van der Waals surface area contributed by atoms with Crippen LogP contribution < -0.4 is 16.4 Å². The van der Waals surface area contributed by atoms with E-state index in [1.165, 1.54) is 11.3 Å². The Morgan fingerprint density at radius 2 is 2.50 bits per heavy atom. The molecule has 2 aromatic heterocycles. The van der Waals surface area contributed by atoms with Gasteiger partial charge in [0.05, 0.1) is 5.69 Å². The van der Waals surface area contributed by atoms with Crippen molar-refractivity contribution in [2.45, 2.75) is 12.5 Å². The molecule has 5 nitrogen and oxygen atoms in total. The van der Waals surface area contributed by atoms with Crippen LogP contribution in [0.3, 0.4) is 0 Å². The lowest BCUT2D eigenvalue weighted by Gasteiger charge is -2.10. The average molecular weight is 262 g/mol. The van der Waals surface area contributed by atoms with Crippen molar-refractivity contribution in [3.8, 4) is 0 Å². The third kappa shape index (κ3) is 1.93. The highest BCUT2D eigenvalue weighted by Gasteiger charge is 2.21. The Balaban J connectivity index is 1.88. The van der Waals surface area contributed by atoms with Crippen LogP contribution in [0.2, 0.25) is 0 Å². The van der Waals surface area contributed by atoms with Crippen molar-refractivity contribution < 1.29 is 4.79 Å². The number of nitrogen functional groups attached to an aromatic ring is 1. The summed E-state index contributed by atoms with van der Waals surface area (Å²) in [6.45, 7) is 1.78. The molecule has 1 aliphatic rings. The second-order valence-electron chi connectivity index (χ2n) is 4.36. The summed E-state index contributed by atoms with van der Waals surface area (Å²) in [5, 5.41) is 7.07. The number of carbonyl (C=O) groups excluding carboxylic acids is 1. The first-order chi connectivity index (χ1) is 8.75. The molecule has 0 bridgehead atoms. The fourth-order valence-electron chi connectivity index (χ4n) is 2.15. The van der Waals surface area contributed by atoms with Gasteiger partial charge >= 0.3 is 0 Å². The first-order valence-electron chi connectivity index (χ1n) is 5.90. The van der Waals surface area contributed by atoms with Crippen molar-refractivity contribution in [2.75, 3.05) is 18.8 Å². The van der Waals surface area contributed by atoms with Gasteiger partial charge in [-0.25, -0.2) is 4.98 Å². The molecule has 18 heavy (non-hydrogen) atoms. The number of nitrogens with one attached hydrogen (secondary N) is 2. The molecule has 4 N–H and O–H groups in total. The second kappa shape index (κ2) is 4.55. The van der Waals surface area contributed by atoms with Crippen LogP contribution in [-0.2, 0) is 0 Å². The van der Waals surface area contributed by atoms with Crippen LogP contribution in [0.15, 0.2) is 18.3 Å². The molecule has 0 aliphatic carbocycles. The number of aromatic nitrogens is 1. The summed E-state index contributed by atoms with van der Waals surface area (Å²) in [6.07, 6.45) is 2.68. The Morgan fingerprint density at radius 3 is 3.22 bits per heavy atom. The number of amides is 1. The van der Waals surface area contributed by atoms with Gasteiger partial charge in [0.25, 0.3) is 5.91 Å². The molecule has 0 unspecified atom stereocenters. The van der Waals surface area contributed by atoms with Crippen LogP contribution in [0, 0.1) is 0 Å². The third-order valence-corrected chi connectivity index (χ3v) is 4.23. The van der Waals surface area contributed by atoms with Gasteiger partial charge in [-0.15, -0.1) is 11.3 Å². The maximum atomic E-state index is 12.2. The molecule has 0 saturated carbocycles. The summed E-state index contributed by atoms with van der Waals surface area (Å²) < 4.78 is 0. The SMILES string of the molecule is Nc1c(C(=O)N[C@@H]2CCNC2)sc2ncccc12. The molecule has 1 saturated heterocycles. The third-order valence-electron chi connectivity index (χ3n) is 3.11. The van der Waals surface area contributed by atoms with E-state index in [0.717, 1.165) is 29.7 Å². The van der Waals surface area contributed by atoms with Gasteiger partial charge in [0.1, 0.15) is 9.71 Å². The molecule has 94 valence electrons. The zero-order valence-electron chi connectivity index (χ0n) is 9.77. The van der Waals surface area contributed by atoms with E-state index < -0.39 is 0 Å². The summed E-state index contributed by atoms with van der Waals surface area (Å²) in [7, 11) is 0. The van der Waals surface area contributed by atoms with Crippen LogP contribution in [0.5, 0.6) is 0 Å². The van der Waals surface area contributed by atoms with E-state index in [1.54, 1.807) is 6.20 Å². The van der Waals surface area contributed by atoms with Crippen molar-refractivity contribution in [2.24, 2.45) is 0 Å². The van der Waals surface area contributed by atoms with Crippen molar-refractivity contribution in [3.05, 3.63) is 23.2 Å². The fraction of sp³-hybridized carbons (Fsp3) is 0.333. The van der Waals surface area contributed by atoms with Gasteiger partial charge in [0.2, 0.25) is 0 Å². The van der Waals surface area contributed by atoms with Gasteiger partial charge in [0.15, 0.2) is 0 Å². The van der Waals surface area contributed by atoms with E-state index in [4.69, 9.17) is 5.73 Å². The van der Waals surface area contributed by atoms with E-state index in [1.807, 2.05) is 12.1 Å². The number of carbonyl (C=O) groups is 1. The normalized spacial score (nSPS) is 19.2. The molecule has 3 heterocycles. The molecule has 0 aromatic carbocycles. The zero-order chi connectivity index (χ0) is 12.5. The molecule has 1 aliphatic heterocycles. The average Bonchev–Trinajstić information content (AvgIpc) is 2.98. The fourth-order valence-corrected chi connectivity index (χ4v) is 3.11. The van der Waals surface area contributed by atoms with Crippen LogP contribution in [0.1, 0.15) is 16.1 Å². The Hall–Kier alpha value is -1.66. The lowest BCUT2D eigenvalue weighted by atomic mass is 10.2. The van der Waals surface area contributed by atoms with Gasteiger partial charge in [0, 0.05) is 24.2 Å². The highest BCUT2D eigenvalue weighted by atomic mass is 32.1. The van der Waals surface area contributed by atoms with E-state index in [2.05, 4.69) is 15.6 Å². The molecular formula is C12H14N4OS. The minimum Gasteiger partial charge on any atom is -0.397 e. The molecule has 6 heteroatoms. The van der Waals surface area contributed by atoms with Crippen LogP contribution in [-0.4, -0.2) is 30.0 Å². The summed E-state index contributed by atoms with van der Waals surface area (Å²) >= 11 is 1.35. The van der Waals surface area contributed by atoms with Crippen molar-refractivity contribution >= 4 is 33.1 Å². The van der Waals surface area contributed by atoms with Crippen LogP contribution in [0.25, 0.3) is 10.2 Å². The Bertz CT molecular complexity index is 589. The van der Waals surface area contributed by atoms with Crippen molar-refractivity contribution in [3.63, 3.8) is 0 Å². The Kier molecular flexibility index (Phi) is 2.89. The van der Waals surface area contributed by atoms with Gasteiger partial charge in [-0.2, -0.15) is 0 Å². The topological polar surface area (TPSA) is 80.0 Å². The Morgan fingerprint density at radius 1 is 1.61 bits per heavy atom. The first-order valence-corrected chi connectivity index (χ1v) is 6.72. The lowest BCUT2D eigenvalue weighted by molar-refractivity contribution is 0.0945. The maximum Gasteiger partial charge on any atom is 0.263 e. The number of hydrogen-bond donors (Lipinski definition) is 3. The molecule has 0 spiro atoms. The number of thiophene rings is 1. The molecule has 1 atom stereocenters. The van der Waals surface area contributed by atoms with Crippen molar-refractivity contribution in [1.82, 2.24) is 15.6 Å². The van der Waals surface area contributed by atoms with Gasteiger partial charge in [-0.3, -0.25) is 4.79 Å². The van der Waals surface area contributed by atoms with E-state index >= 15 is 0 Å². The summed E-state index contributed by atoms with van der Waals surface area (Å²) in [6, 6.07) is 3.92. The van der Waals surface area contributed by atoms with Crippen molar-refractivity contribution in [1.29, 1.82) is 0 Å². The summed E-state index contributed by atoms with van der Waals surface area (Å²) in [4.78, 5) is 17.8. The number of nitrogens with two attached hydrogens (primary N) is 1. The zero-order valence-corrected chi connectivity index (χ0v) is 10.6. The summed E-state index contributed by atoms with van der Waals surface area (Å²) in [5.74, 6) is -0.0933. The number of nitrogens with zero attached hydrogens (tertiary/aromatic N) is 1. The van der Waals surface area contributed by atoms with E-state index in [-0.39, 0.29) is 11.9 Å². The minimum atomic E-state index is -0.0933. The second-order valence-corrected chi connectivity index (χ2v) is 5.36. The van der Waals surface area contributed by atoms with Gasteiger partial charge in [-0.05, 0) is 25.1 Å². The number of anilines is 1. The quantitative estimate of drug-likeness (QED) is 0.753. The highest BCUT2D eigenvalue weighted by Crippen LogP contribution is 2.31. The highest BCUT2D eigenvalue weighted by molar-refractivity contribution is 7.21. The predicted octanol–water partition coefficient (Wildman–Crippen LogP) is 0.970. The maximum absolute atomic E-state index is 12.2. The molecule has 2 aromatic rings. The number of hydrogen-bond acceptors (Lipinski definition) is 5. The number of rotatable bonds is 2. The monoisotopic (exact) mass is 262 g/mol. The first kappa shape index (κ1) is 11.4. The van der Waals surface area contributed by atoms with E-state index in [0.29, 0.717) is 10.6 Å². The minimum absolute atomic E-state index is 0.0933. The number of pyridine rings is 1. The van der Waals surface area contributed by atoms with Crippen LogP contribution >= 0.6 is 11.3 Å². The number of fused-ring (bicyclic) bond motifs is 1. The van der Waals surface area contributed by atoms with Crippen LogP contribution in [0.4, 0.5) is 5.69 Å².